The van der Waals surface area contributed by atoms with E-state index in [2.05, 4.69) is 15.3 Å². The molecule has 1 amide bonds. The van der Waals surface area contributed by atoms with Crippen molar-refractivity contribution in [1.82, 2.24) is 14.9 Å². The monoisotopic (exact) mass is 317 g/mol. The van der Waals surface area contributed by atoms with Crippen molar-refractivity contribution in [2.24, 2.45) is 0 Å². The number of nitrogens with zero attached hydrogens (tertiary/aromatic N) is 4. The number of aromatic nitrogens is 2. The van der Waals surface area contributed by atoms with Gasteiger partial charge in [-0.15, -0.1) is 0 Å². The van der Waals surface area contributed by atoms with E-state index >= 15 is 0 Å². The largest absolute Gasteiger partial charge is 0.459 e. The molecule has 0 unspecified atom stereocenters. The van der Waals surface area contributed by atoms with E-state index in [-0.39, 0.29) is 17.6 Å². The Kier molecular flexibility index (Phi) is 4.18. The van der Waals surface area contributed by atoms with Crippen molar-refractivity contribution in [1.29, 1.82) is 0 Å². The Morgan fingerprint density at radius 1 is 1.35 bits per heavy atom. The average Bonchev–Trinajstić information content (AvgIpc) is 3.10. The van der Waals surface area contributed by atoms with Crippen LogP contribution in [-0.4, -0.2) is 44.8 Å². The first-order valence-corrected chi connectivity index (χ1v) is 7.19. The van der Waals surface area contributed by atoms with Crippen molar-refractivity contribution in [2.75, 3.05) is 18.4 Å². The van der Waals surface area contributed by atoms with E-state index in [4.69, 9.17) is 4.42 Å². The van der Waals surface area contributed by atoms with E-state index in [0.29, 0.717) is 24.8 Å². The number of nitrogens with one attached hydrogen (secondary N) is 1. The van der Waals surface area contributed by atoms with Crippen LogP contribution in [0.5, 0.6) is 0 Å². The number of nitro groups is 1. The summed E-state index contributed by atoms with van der Waals surface area (Å²) in [5.74, 6) is 0.585. The van der Waals surface area contributed by atoms with Crippen molar-refractivity contribution in [3.63, 3.8) is 0 Å². The maximum Gasteiger partial charge on any atom is 0.305 e. The van der Waals surface area contributed by atoms with Crippen LogP contribution in [-0.2, 0) is 0 Å². The zero-order valence-electron chi connectivity index (χ0n) is 12.2. The Balaban J connectivity index is 1.53. The van der Waals surface area contributed by atoms with Gasteiger partial charge in [-0.25, -0.2) is 9.97 Å². The fourth-order valence-corrected chi connectivity index (χ4v) is 2.46. The number of piperidine rings is 1. The molecule has 2 aromatic heterocycles. The van der Waals surface area contributed by atoms with Gasteiger partial charge in [-0.3, -0.25) is 14.9 Å². The van der Waals surface area contributed by atoms with Gasteiger partial charge in [-0.1, -0.05) is 0 Å². The van der Waals surface area contributed by atoms with E-state index in [1.807, 2.05) is 0 Å². The fraction of sp³-hybridized carbons (Fsp3) is 0.357. The lowest BCUT2D eigenvalue weighted by molar-refractivity contribution is -0.385. The zero-order chi connectivity index (χ0) is 16.2. The first-order chi connectivity index (χ1) is 11.1. The minimum Gasteiger partial charge on any atom is -0.459 e. The van der Waals surface area contributed by atoms with Crippen LogP contribution in [0.4, 0.5) is 11.6 Å². The molecular weight excluding hydrogens is 302 g/mol. The maximum atomic E-state index is 12.2. The summed E-state index contributed by atoms with van der Waals surface area (Å²) in [6.45, 7) is 1.20. The van der Waals surface area contributed by atoms with Gasteiger partial charge in [-0.2, -0.15) is 0 Å². The van der Waals surface area contributed by atoms with Crippen molar-refractivity contribution >= 4 is 17.5 Å². The second-order valence-electron chi connectivity index (χ2n) is 5.21. The summed E-state index contributed by atoms with van der Waals surface area (Å²) in [6.07, 6.45) is 5.31. The van der Waals surface area contributed by atoms with Crippen LogP contribution in [0, 0.1) is 10.1 Å². The Morgan fingerprint density at radius 2 is 2.04 bits per heavy atom. The topological polar surface area (TPSA) is 114 Å². The lowest BCUT2D eigenvalue weighted by atomic mass is 10.1. The highest BCUT2D eigenvalue weighted by molar-refractivity contribution is 5.91. The number of likely N-dealkylation sites (tertiary alicyclic amines) is 1. The van der Waals surface area contributed by atoms with E-state index in [9.17, 15) is 14.9 Å². The van der Waals surface area contributed by atoms with Crippen LogP contribution >= 0.6 is 0 Å². The van der Waals surface area contributed by atoms with E-state index in [0.717, 1.165) is 12.8 Å². The van der Waals surface area contributed by atoms with E-state index < -0.39 is 4.92 Å². The van der Waals surface area contributed by atoms with Gasteiger partial charge in [0.15, 0.2) is 5.76 Å². The smallest absolute Gasteiger partial charge is 0.305 e. The number of hydrogen-bond acceptors (Lipinski definition) is 7. The molecular formula is C14H15N5O4. The quantitative estimate of drug-likeness (QED) is 0.674. The van der Waals surface area contributed by atoms with E-state index in [1.54, 1.807) is 17.0 Å². The number of carbonyl (C=O) groups excluding carboxylic acids is 1. The molecule has 0 spiro atoms. The zero-order valence-corrected chi connectivity index (χ0v) is 12.2. The number of furan rings is 1. The molecule has 0 aliphatic carbocycles. The number of amides is 1. The van der Waals surface area contributed by atoms with Gasteiger partial charge in [0.1, 0.15) is 12.4 Å². The summed E-state index contributed by atoms with van der Waals surface area (Å²) < 4.78 is 5.12. The number of hydrogen-bond donors (Lipinski definition) is 1. The van der Waals surface area contributed by atoms with Crippen LogP contribution in [0.1, 0.15) is 23.4 Å². The molecule has 9 nitrogen and oxygen atoms in total. The lowest BCUT2D eigenvalue weighted by Gasteiger charge is -2.31. The van der Waals surface area contributed by atoms with Crippen LogP contribution in [0.25, 0.3) is 0 Å². The first kappa shape index (κ1) is 14.9. The highest BCUT2D eigenvalue weighted by atomic mass is 16.6. The number of carbonyl (C=O) groups is 1. The molecule has 1 N–H and O–H groups in total. The average molecular weight is 317 g/mol. The van der Waals surface area contributed by atoms with Crippen molar-refractivity contribution < 1.29 is 14.1 Å². The predicted octanol–water partition coefficient (Wildman–Crippen LogP) is 1.69. The molecule has 3 rings (SSSR count). The highest BCUT2D eigenvalue weighted by Crippen LogP contribution is 2.17. The summed E-state index contributed by atoms with van der Waals surface area (Å²) in [6, 6.07) is 3.46. The molecule has 1 aliphatic heterocycles. The number of anilines is 1. The minimum absolute atomic E-state index is 0.111. The van der Waals surface area contributed by atoms with E-state index in [1.165, 1.54) is 18.7 Å². The fourth-order valence-electron chi connectivity index (χ4n) is 2.46. The second-order valence-corrected chi connectivity index (χ2v) is 5.21. The Labute approximate surface area is 131 Å². The Hall–Kier alpha value is -2.97. The molecule has 1 fully saturated rings. The lowest BCUT2D eigenvalue weighted by Crippen LogP contribution is -2.42. The van der Waals surface area contributed by atoms with Gasteiger partial charge in [0.05, 0.1) is 11.2 Å². The van der Waals surface area contributed by atoms with Gasteiger partial charge in [-0.05, 0) is 25.0 Å². The van der Waals surface area contributed by atoms with Gasteiger partial charge in [0, 0.05) is 19.1 Å². The van der Waals surface area contributed by atoms with Crippen LogP contribution < -0.4 is 5.32 Å². The molecule has 0 atom stereocenters. The SMILES string of the molecule is O=C(c1ccco1)N1CCC(Nc2ncc([N+](=O)[O-])cn2)CC1. The summed E-state index contributed by atoms with van der Waals surface area (Å²) in [5.41, 5.74) is -0.144. The highest BCUT2D eigenvalue weighted by Gasteiger charge is 2.25. The molecule has 0 saturated carbocycles. The third-order valence-corrected chi connectivity index (χ3v) is 3.70. The van der Waals surface area contributed by atoms with Gasteiger partial charge in [0.25, 0.3) is 5.91 Å². The Bertz CT molecular complexity index is 678. The summed E-state index contributed by atoms with van der Waals surface area (Å²) in [5, 5.41) is 13.7. The predicted molar refractivity (Wildman–Crippen MR) is 79.9 cm³/mol. The van der Waals surface area contributed by atoms with Crippen molar-refractivity contribution in [3.8, 4) is 0 Å². The molecule has 2 aromatic rings. The standard InChI is InChI=1S/C14H15N5O4/c20-13(12-2-1-7-23-12)18-5-3-10(4-6-18)17-14-15-8-11(9-16-14)19(21)22/h1-2,7-10H,3-6H2,(H,15,16,17). The van der Waals surface area contributed by atoms with Crippen molar-refractivity contribution in [3.05, 3.63) is 46.7 Å². The molecule has 1 saturated heterocycles. The van der Waals surface area contributed by atoms with Crippen LogP contribution in [0.15, 0.2) is 35.2 Å². The molecule has 1 aliphatic rings. The molecule has 0 radical (unpaired) electrons. The minimum atomic E-state index is -0.539. The molecule has 0 aromatic carbocycles. The third-order valence-electron chi connectivity index (χ3n) is 3.70. The second kappa shape index (κ2) is 6.42. The summed E-state index contributed by atoms with van der Waals surface area (Å²) in [7, 11) is 0. The maximum absolute atomic E-state index is 12.2. The van der Waals surface area contributed by atoms with Gasteiger partial charge < -0.3 is 14.6 Å². The summed E-state index contributed by atoms with van der Waals surface area (Å²) >= 11 is 0. The molecule has 3 heterocycles. The molecule has 120 valence electrons. The summed E-state index contributed by atoms with van der Waals surface area (Å²) in [4.78, 5) is 31.8. The van der Waals surface area contributed by atoms with Gasteiger partial charge in [0.2, 0.25) is 5.95 Å². The normalized spacial score (nSPS) is 15.4. The molecule has 23 heavy (non-hydrogen) atoms. The first-order valence-electron chi connectivity index (χ1n) is 7.19. The molecule has 0 bridgehead atoms. The van der Waals surface area contributed by atoms with Crippen molar-refractivity contribution in [2.45, 2.75) is 18.9 Å². The van der Waals surface area contributed by atoms with Crippen LogP contribution in [0.3, 0.4) is 0 Å². The molecule has 9 heteroatoms. The van der Waals surface area contributed by atoms with Crippen LogP contribution in [0.2, 0.25) is 0 Å². The third kappa shape index (κ3) is 3.44. The van der Waals surface area contributed by atoms with Gasteiger partial charge >= 0.3 is 5.69 Å². The Morgan fingerprint density at radius 3 is 2.61 bits per heavy atom. The number of rotatable bonds is 4.